The molecule has 0 amide bonds. The molecule has 0 aliphatic carbocycles. The van der Waals surface area contributed by atoms with Crippen LogP contribution in [0.4, 0.5) is 0 Å². The molecule has 0 atom stereocenters. The number of methoxy groups -OCH3 is 3. The number of hydrogen-bond acceptors (Lipinski definition) is 6. The maximum absolute atomic E-state index is 12.2. The van der Waals surface area contributed by atoms with Crippen LogP contribution in [0.25, 0.3) is 6.08 Å². The molecule has 6 heteroatoms. The van der Waals surface area contributed by atoms with Crippen molar-refractivity contribution in [3.8, 4) is 6.07 Å². The van der Waals surface area contributed by atoms with Gasteiger partial charge in [0.2, 0.25) is 12.1 Å². The summed E-state index contributed by atoms with van der Waals surface area (Å²) in [6, 6.07) is 8.55. The van der Waals surface area contributed by atoms with Gasteiger partial charge in [0, 0.05) is 14.2 Å². The van der Waals surface area contributed by atoms with Crippen LogP contribution in [0, 0.1) is 11.3 Å². The maximum atomic E-state index is 12.2. The van der Waals surface area contributed by atoms with Crippen molar-refractivity contribution >= 4 is 17.8 Å². The minimum absolute atomic E-state index is 0.256. The molecule has 0 bridgehead atoms. The zero-order valence-corrected chi connectivity index (χ0v) is 12.0. The van der Waals surface area contributed by atoms with E-state index in [9.17, 15) is 9.59 Å². The Balaban J connectivity index is 3.32. The summed E-state index contributed by atoms with van der Waals surface area (Å²) in [5, 5.41) is 9.04. The molecule has 0 N–H and O–H groups in total. The highest BCUT2D eigenvalue weighted by Gasteiger charge is 2.27. The smallest absolute Gasteiger partial charge is 0.341 e. The molecule has 0 radical (unpaired) electrons. The summed E-state index contributed by atoms with van der Waals surface area (Å²) in [5.41, 5.74) is 0.506. The van der Waals surface area contributed by atoms with E-state index in [1.54, 1.807) is 24.3 Å². The molecule has 0 fully saturated rings. The van der Waals surface area contributed by atoms with E-state index < -0.39 is 18.0 Å². The fraction of sp³-hybridized carbons (Fsp3) is 0.267. The molecule has 1 aromatic rings. The van der Waals surface area contributed by atoms with Gasteiger partial charge < -0.3 is 14.2 Å². The maximum Gasteiger partial charge on any atom is 0.341 e. The Bertz CT molecular complexity index is 596. The van der Waals surface area contributed by atoms with Gasteiger partial charge in [0.1, 0.15) is 5.57 Å². The molecule has 0 aliphatic heterocycles. The van der Waals surface area contributed by atoms with E-state index in [-0.39, 0.29) is 5.57 Å². The van der Waals surface area contributed by atoms with Crippen molar-refractivity contribution in [1.29, 1.82) is 5.26 Å². The summed E-state index contributed by atoms with van der Waals surface area (Å²) in [6.45, 7) is 0. The van der Waals surface area contributed by atoms with Crippen LogP contribution < -0.4 is 0 Å². The average Bonchev–Trinajstić information content (AvgIpc) is 2.53. The third-order valence-electron chi connectivity index (χ3n) is 2.69. The molecular weight excluding hydrogens is 274 g/mol. The lowest BCUT2D eigenvalue weighted by molar-refractivity contribution is -0.155. The number of ketones is 1. The monoisotopic (exact) mass is 289 g/mol. The second-order valence-electron chi connectivity index (χ2n) is 3.92. The lowest BCUT2D eigenvalue weighted by Crippen LogP contribution is -2.29. The number of nitrogens with zero attached hydrogens (tertiary/aromatic N) is 1. The number of esters is 1. The van der Waals surface area contributed by atoms with Crippen molar-refractivity contribution in [2.24, 2.45) is 0 Å². The second-order valence-corrected chi connectivity index (χ2v) is 3.92. The van der Waals surface area contributed by atoms with Gasteiger partial charge in [-0.05, 0) is 17.7 Å². The Morgan fingerprint density at radius 2 is 1.81 bits per heavy atom. The van der Waals surface area contributed by atoms with Crippen LogP contribution in [0.3, 0.4) is 0 Å². The molecular formula is C15H15NO5. The van der Waals surface area contributed by atoms with Crippen LogP contribution in [0.5, 0.6) is 0 Å². The fourth-order valence-electron chi connectivity index (χ4n) is 1.66. The van der Waals surface area contributed by atoms with Crippen molar-refractivity contribution in [1.82, 2.24) is 0 Å². The summed E-state index contributed by atoms with van der Waals surface area (Å²) in [4.78, 5) is 24.0. The molecule has 6 nitrogen and oxygen atoms in total. The van der Waals surface area contributed by atoms with Gasteiger partial charge in [-0.1, -0.05) is 18.2 Å². The Hall–Kier alpha value is -2.49. The molecule has 1 rings (SSSR count). The summed E-state index contributed by atoms with van der Waals surface area (Å²) >= 11 is 0. The zero-order valence-electron chi connectivity index (χ0n) is 12.0. The van der Waals surface area contributed by atoms with Crippen molar-refractivity contribution in [2.45, 2.75) is 6.29 Å². The molecule has 110 valence electrons. The first-order valence-corrected chi connectivity index (χ1v) is 5.98. The number of hydrogen-bond donors (Lipinski definition) is 0. The number of benzene rings is 1. The van der Waals surface area contributed by atoms with Gasteiger partial charge in [-0.2, -0.15) is 5.26 Å². The minimum Gasteiger partial charge on any atom is -0.465 e. The van der Waals surface area contributed by atoms with Crippen LogP contribution in [-0.2, 0) is 23.8 Å². The Morgan fingerprint density at radius 3 is 2.33 bits per heavy atom. The quantitative estimate of drug-likeness (QED) is 0.258. The van der Waals surface area contributed by atoms with Gasteiger partial charge >= 0.3 is 5.97 Å². The predicted molar refractivity (Wildman–Crippen MR) is 74.0 cm³/mol. The molecule has 0 heterocycles. The highest BCUT2D eigenvalue weighted by atomic mass is 16.7. The first-order chi connectivity index (χ1) is 10.1. The number of carbonyl (C=O) groups excluding carboxylic acids is 2. The first kappa shape index (κ1) is 16.6. The molecule has 0 saturated heterocycles. The highest BCUT2D eigenvalue weighted by Crippen LogP contribution is 2.16. The normalized spacial score (nSPS) is 11.1. The highest BCUT2D eigenvalue weighted by molar-refractivity contribution is 6.21. The number of rotatable bonds is 6. The van der Waals surface area contributed by atoms with Crippen molar-refractivity contribution in [3.63, 3.8) is 0 Å². The van der Waals surface area contributed by atoms with Crippen LogP contribution in [0.15, 0.2) is 29.8 Å². The largest absolute Gasteiger partial charge is 0.465 e. The molecule has 1 aromatic carbocycles. The fourth-order valence-corrected chi connectivity index (χ4v) is 1.66. The Morgan fingerprint density at radius 1 is 1.19 bits per heavy atom. The molecule has 0 spiro atoms. The van der Waals surface area contributed by atoms with Crippen LogP contribution in [0.2, 0.25) is 0 Å². The third-order valence-corrected chi connectivity index (χ3v) is 2.69. The molecule has 0 aromatic heterocycles. The predicted octanol–water partition coefficient (Wildman–Crippen LogP) is 1.30. The Kier molecular flexibility index (Phi) is 6.27. The number of Topliss-reactive ketones (excluding diaryl/α,β-unsaturated/α-hetero) is 1. The average molecular weight is 289 g/mol. The van der Waals surface area contributed by atoms with E-state index in [2.05, 4.69) is 4.74 Å². The summed E-state index contributed by atoms with van der Waals surface area (Å²) in [6.07, 6.45) is 0.0715. The van der Waals surface area contributed by atoms with E-state index in [0.717, 1.165) is 7.11 Å². The first-order valence-electron chi connectivity index (χ1n) is 5.98. The number of nitriles is 1. The van der Waals surface area contributed by atoms with E-state index in [1.165, 1.54) is 20.3 Å². The van der Waals surface area contributed by atoms with Gasteiger partial charge in [-0.15, -0.1) is 0 Å². The summed E-state index contributed by atoms with van der Waals surface area (Å²) in [5.74, 6) is -1.51. The van der Waals surface area contributed by atoms with E-state index in [0.29, 0.717) is 11.1 Å². The molecule has 0 aliphatic rings. The van der Waals surface area contributed by atoms with Gasteiger partial charge in [0.05, 0.1) is 18.7 Å². The van der Waals surface area contributed by atoms with Crippen LogP contribution >= 0.6 is 0 Å². The number of ether oxygens (including phenoxy) is 3. The van der Waals surface area contributed by atoms with Gasteiger partial charge in [-0.25, -0.2) is 4.79 Å². The summed E-state index contributed by atoms with van der Waals surface area (Å²) in [7, 11) is 3.72. The van der Waals surface area contributed by atoms with Crippen molar-refractivity contribution in [3.05, 3.63) is 41.0 Å². The van der Waals surface area contributed by atoms with Crippen LogP contribution in [-0.4, -0.2) is 39.4 Å². The van der Waals surface area contributed by atoms with Crippen molar-refractivity contribution in [2.75, 3.05) is 21.3 Å². The van der Waals surface area contributed by atoms with E-state index in [4.69, 9.17) is 14.7 Å². The van der Waals surface area contributed by atoms with E-state index in [1.807, 2.05) is 6.07 Å². The topological polar surface area (TPSA) is 85.6 Å². The lowest BCUT2D eigenvalue weighted by atomic mass is 10.0. The van der Waals surface area contributed by atoms with Gasteiger partial charge in [0.15, 0.2) is 0 Å². The zero-order chi connectivity index (χ0) is 15.8. The molecule has 21 heavy (non-hydrogen) atoms. The molecule has 0 saturated carbocycles. The third kappa shape index (κ3) is 3.99. The second kappa shape index (κ2) is 7.94. The standard InChI is InChI=1S/C15H15NO5/c1-19-14(18)12(13(17)15(20-2)21-3)8-10-6-4-5-7-11(10)9-16/h4-8,15H,1-3H3/b12-8-. The van der Waals surface area contributed by atoms with E-state index >= 15 is 0 Å². The van der Waals surface area contributed by atoms with Crippen molar-refractivity contribution < 1.29 is 23.8 Å². The molecule has 0 unspecified atom stereocenters. The van der Waals surface area contributed by atoms with Gasteiger partial charge in [-0.3, -0.25) is 4.79 Å². The summed E-state index contributed by atoms with van der Waals surface area (Å²) < 4.78 is 14.3. The minimum atomic E-state index is -1.22. The number of carbonyl (C=O) groups is 2. The van der Waals surface area contributed by atoms with Crippen LogP contribution in [0.1, 0.15) is 11.1 Å². The Labute approximate surface area is 122 Å². The SMILES string of the molecule is COC(=O)/C(=C\c1ccccc1C#N)C(=O)C(OC)OC. The lowest BCUT2D eigenvalue weighted by Gasteiger charge is -2.13. The van der Waals surface area contributed by atoms with Gasteiger partial charge in [0.25, 0.3) is 0 Å².